The summed E-state index contributed by atoms with van der Waals surface area (Å²) in [5.74, 6) is 0. The standard InChI is InChI=1S/C14H15N3/c1-17-13-5-3-2-4-10(13)7-14(17)11-6-12(15)9-16-8-11/h2-8,16H,9,15H2,1H3. The molecule has 0 fully saturated rings. The summed E-state index contributed by atoms with van der Waals surface area (Å²) in [5, 5.41) is 4.44. The van der Waals surface area contributed by atoms with Crippen LogP contribution in [0.25, 0.3) is 16.5 Å². The molecule has 0 unspecified atom stereocenters. The molecule has 2 aromatic rings. The average molecular weight is 225 g/mol. The monoisotopic (exact) mass is 225 g/mol. The molecule has 0 bridgehead atoms. The van der Waals surface area contributed by atoms with Gasteiger partial charge in [0.1, 0.15) is 0 Å². The molecule has 1 aromatic heterocycles. The first-order valence-electron chi connectivity index (χ1n) is 5.70. The first-order valence-corrected chi connectivity index (χ1v) is 5.70. The van der Waals surface area contributed by atoms with Gasteiger partial charge in [-0.3, -0.25) is 0 Å². The molecular weight excluding hydrogens is 210 g/mol. The molecule has 0 spiro atoms. The van der Waals surface area contributed by atoms with Crippen LogP contribution in [0.2, 0.25) is 0 Å². The third-order valence-corrected chi connectivity index (χ3v) is 3.15. The van der Waals surface area contributed by atoms with Crippen molar-refractivity contribution < 1.29 is 0 Å². The van der Waals surface area contributed by atoms with Crippen molar-refractivity contribution >= 4 is 16.5 Å². The van der Waals surface area contributed by atoms with Crippen LogP contribution in [0, 0.1) is 0 Å². The fourth-order valence-corrected chi connectivity index (χ4v) is 2.29. The van der Waals surface area contributed by atoms with Crippen LogP contribution in [0.5, 0.6) is 0 Å². The number of aryl methyl sites for hydroxylation is 1. The van der Waals surface area contributed by atoms with E-state index in [0.29, 0.717) is 0 Å². The summed E-state index contributed by atoms with van der Waals surface area (Å²) < 4.78 is 2.19. The maximum atomic E-state index is 5.86. The van der Waals surface area contributed by atoms with Crippen molar-refractivity contribution in [3.63, 3.8) is 0 Å². The van der Waals surface area contributed by atoms with E-state index < -0.39 is 0 Å². The minimum Gasteiger partial charge on any atom is -0.401 e. The van der Waals surface area contributed by atoms with E-state index in [0.717, 1.165) is 17.8 Å². The Morgan fingerprint density at radius 1 is 1.29 bits per heavy atom. The SMILES string of the molecule is Cn1c(C2=CNCC(N)=C2)cc2ccccc21. The van der Waals surface area contributed by atoms with Crippen LogP contribution in [0.3, 0.4) is 0 Å². The zero-order valence-electron chi connectivity index (χ0n) is 9.77. The number of nitrogens with zero attached hydrogens (tertiary/aromatic N) is 1. The topological polar surface area (TPSA) is 43.0 Å². The molecule has 0 aliphatic carbocycles. The van der Waals surface area contributed by atoms with Crippen LogP contribution in [-0.2, 0) is 7.05 Å². The normalized spacial score (nSPS) is 15.4. The quantitative estimate of drug-likeness (QED) is 0.779. The van der Waals surface area contributed by atoms with Crippen LogP contribution in [0.1, 0.15) is 5.69 Å². The van der Waals surface area contributed by atoms with Gasteiger partial charge in [-0.25, -0.2) is 0 Å². The summed E-state index contributed by atoms with van der Waals surface area (Å²) in [4.78, 5) is 0. The lowest BCUT2D eigenvalue weighted by molar-refractivity contribution is 0.898. The first-order chi connectivity index (χ1) is 8.25. The fraction of sp³-hybridized carbons (Fsp3) is 0.143. The number of rotatable bonds is 1. The Kier molecular flexibility index (Phi) is 2.18. The smallest absolute Gasteiger partial charge is 0.0540 e. The lowest BCUT2D eigenvalue weighted by atomic mass is 10.1. The maximum absolute atomic E-state index is 5.86. The Morgan fingerprint density at radius 2 is 2.12 bits per heavy atom. The van der Waals surface area contributed by atoms with Crippen LogP contribution >= 0.6 is 0 Å². The van der Waals surface area contributed by atoms with Crippen molar-refractivity contribution in [3.8, 4) is 0 Å². The van der Waals surface area contributed by atoms with E-state index in [2.05, 4.69) is 47.3 Å². The molecule has 3 nitrogen and oxygen atoms in total. The van der Waals surface area contributed by atoms with E-state index in [1.807, 2.05) is 12.3 Å². The van der Waals surface area contributed by atoms with Gasteiger partial charge in [-0.1, -0.05) is 18.2 Å². The molecule has 86 valence electrons. The maximum Gasteiger partial charge on any atom is 0.0540 e. The summed E-state index contributed by atoms with van der Waals surface area (Å²) in [6.45, 7) is 0.730. The highest BCUT2D eigenvalue weighted by atomic mass is 15.0. The number of para-hydroxylation sites is 1. The molecular formula is C14H15N3. The van der Waals surface area contributed by atoms with E-state index in [1.165, 1.54) is 16.6 Å². The Labute approximate surface area is 100 Å². The molecule has 0 atom stereocenters. The van der Waals surface area contributed by atoms with Crippen molar-refractivity contribution in [2.45, 2.75) is 0 Å². The van der Waals surface area contributed by atoms with Gasteiger partial charge in [-0.15, -0.1) is 0 Å². The second kappa shape index (κ2) is 3.70. The third kappa shape index (κ3) is 1.60. The number of hydrogen-bond donors (Lipinski definition) is 2. The summed E-state index contributed by atoms with van der Waals surface area (Å²) in [6.07, 6.45) is 4.05. The summed E-state index contributed by atoms with van der Waals surface area (Å²) in [5.41, 5.74) is 10.3. The fourth-order valence-electron chi connectivity index (χ4n) is 2.29. The van der Waals surface area contributed by atoms with Gasteiger partial charge in [0, 0.05) is 35.4 Å². The van der Waals surface area contributed by atoms with Crippen molar-refractivity contribution in [1.82, 2.24) is 9.88 Å². The van der Waals surface area contributed by atoms with Gasteiger partial charge in [-0.2, -0.15) is 0 Å². The van der Waals surface area contributed by atoms with E-state index in [-0.39, 0.29) is 0 Å². The number of nitrogens with one attached hydrogen (secondary N) is 1. The van der Waals surface area contributed by atoms with Gasteiger partial charge in [0.2, 0.25) is 0 Å². The molecule has 0 saturated heterocycles. The molecule has 0 radical (unpaired) electrons. The molecule has 0 saturated carbocycles. The van der Waals surface area contributed by atoms with Crippen molar-refractivity contribution in [2.24, 2.45) is 12.8 Å². The lowest BCUT2D eigenvalue weighted by Gasteiger charge is -2.13. The van der Waals surface area contributed by atoms with Crippen molar-refractivity contribution in [1.29, 1.82) is 0 Å². The van der Waals surface area contributed by atoms with E-state index in [1.54, 1.807) is 0 Å². The third-order valence-electron chi connectivity index (χ3n) is 3.15. The summed E-state index contributed by atoms with van der Waals surface area (Å²) in [7, 11) is 2.08. The van der Waals surface area contributed by atoms with Crippen molar-refractivity contribution in [3.05, 3.63) is 54.0 Å². The van der Waals surface area contributed by atoms with Gasteiger partial charge >= 0.3 is 0 Å². The number of allylic oxidation sites excluding steroid dienone is 2. The van der Waals surface area contributed by atoms with E-state index in [9.17, 15) is 0 Å². The number of dihydropyridines is 1. The minimum absolute atomic E-state index is 0.730. The van der Waals surface area contributed by atoms with Crippen LogP contribution < -0.4 is 11.1 Å². The second-order valence-electron chi connectivity index (χ2n) is 4.35. The van der Waals surface area contributed by atoms with Gasteiger partial charge in [0.25, 0.3) is 0 Å². The highest BCUT2D eigenvalue weighted by molar-refractivity contribution is 5.87. The number of fused-ring (bicyclic) bond motifs is 1. The molecule has 3 rings (SSSR count). The highest BCUT2D eigenvalue weighted by Crippen LogP contribution is 2.25. The molecule has 1 aromatic carbocycles. The largest absolute Gasteiger partial charge is 0.401 e. The number of hydrogen-bond acceptors (Lipinski definition) is 2. The molecule has 2 heterocycles. The highest BCUT2D eigenvalue weighted by Gasteiger charge is 2.10. The lowest BCUT2D eigenvalue weighted by Crippen LogP contribution is -2.20. The Hall–Kier alpha value is -2.16. The first kappa shape index (κ1) is 10.0. The van der Waals surface area contributed by atoms with Crippen LogP contribution in [0.15, 0.2) is 48.3 Å². The summed E-state index contributed by atoms with van der Waals surface area (Å²) in [6, 6.07) is 10.6. The minimum atomic E-state index is 0.730. The molecule has 3 N–H and O–H groups in total. The van der Waals surface area contributed by atoms with Crippen LogP contribution in [0.4, 0.5) is 0 Å². The zero-order valence-corrected chi connectivity index (χ0v) is 9.77. The molecule has 1 aliphatic heterocycles. The van der Waals surface area contributed by atoms with Crippen LogP contribution in [-0.4, -0.2) is 11.1 Å². The Balaban J connectivity index is 2.18. The van der Waals surface area contributed by atoms with Crippen molar-refractivity contribution in [2.75, 3.05) is 6.54 Å². The van der Waals surface area contributed by atoms with Gasteiger partial charge in [0.15, 0.2) is 0 Å². The predicted molar refractivity (Wildman–Crippen MR) is 71.2 cm³/mol. The molecule has 17 heavy (non-hydrogen) atoms. The molecule has 0 amide bonds. The summed E-state index contributed by atoms with van der Waals surface area (Å²) >= 11 is 0. The molecule has 3 heteroatoms. The number of benzene rings is 1. The van der Waals surface area contributed by atoms with Gasteiger partial charge < -0.3 is 15.6 Å². The number of aromatic nitrogens is 1. The van der Waals surface area contributed by atoms with E-state index >= 15 is 0 Å². The number of nitrogens with two attached hydrogens (primary N) is 1. The van der Waals surface area contributed by atoms with Gasteiger partial charge in [-0.05, 0) is 18.2 Å². The van der Waals surface area contributed by atoms with Gasteiger partial charge in [0.05, 0.1) is 12.2 Å². The Morgan fingerprint density at radius 3 is 2.88 bits per heavy atom. The van der Waals surface area contributed by atoms with E-state index in [4.69, 9.17) is 5.73 Å². The molecule has 1 aliphatic rings. The zero-order chi connectivity index (χ0) is 11.8. The predicted octanol–water partition coefficient (Wildman–Crippen LogP) is 1.96. The Bertz CT molecular complexity index is 632. The second-order valence-corrected chi connectivity index (χ2v) is 4.35. The average Bonchev–Trinajstić information content (AvgIpc) is 2.68.